The van der Waals surface area contributed by atoms with Gasteiger partial charge >= 0.3 is 0 Å². The van der Waals surface area contributed by atoms with Crippen molar-refractivity contribution in [3.8, 4) is 0 Å². The van der Waals surface area contributed by atoms with E-state index in [0.29, 0.717) is 12.2 Å². The van der Waals surface area contributed by atoms with E-state index < -0.39 is 0 Å². The molecular formula is C18H26FN4O2S+. The number of rotatable bonds is 5. The lowest BCUT2D eigenvalue weighted by atomic mass is 10.2. The van der Waals surface area contributed by atoms with E-state index in [9.17, 15) is 9.18 Å². The maximum atomic E-state index is 13.2. The Labute approximate surface area is 158 Å². The summed E-state index contributed by atoms with van der Waals surface area (Å²) in [6, 6.07) is 5.95. The predicted octanol–water partition coefficient (Wildman–Crippen LogP) is 0.0182. The fraction of sp³-hybridized carbons (Fsp3) is 0.556. The highest BCUT2D eigenvalue weighted by Crippen LogP contribution is 2.11. The van der Waals surface area contributed by atoms with Crippen molar-refractivity contribution in [1.29, 1.82) is 0 Å². The topological polar surface area (TPSA) is 58.0 Å². The number of nitrogens with one attached hydrogen (secondary N) is 3. The molecule has 1 amide bonds. The molecular weight excluding hydrogens is 355 g/mol. The SMILES string of the molecule is O=C(C[NH+]1CCN(C(=S)NC[C@H]2CCCO2)CC1)Nc1cccc(F)c1. The number of ether oxygens (including phenoxy) is 1. The van der Waals surface area contributed by atoms with E-state index >= 15 is 0 Å². The summed E-state index contributed by atoms with van der Waals surface area (Å²) in [6.07, 6.45) is 2.48. The van der Waals surface area contributed by atoms with Gasteiger partial charge in [-0.05, 0) is 43.3 Å². The largest absolute Gasteiger partial charge is 0.376 e. The van der Waals surface area contributed by atoms with Crippen LogP contribution in [0, 0.1) is 5.82 Å². The summed E-state index contributed by atoms with van der Waals surface area (Å²) in [6.45, 7) is 5.32. The average Bonchev–Trinajstić information content (AvgIpc) is 3.14. The van der Waals surface area contributed by atoms with Crippen LogP contribution in [0.1, 0.15) is 12.8 Å². The smallest absolute Gasteiger partial charge is 0.279 e. The van der Waals surface area contributed by atoms with Crippen LogP contribution in [0.5, 0.6) is 0 Å². The number of piperazine rings is 1. The minimum absolute atomic E-state index is 0.0990. The van der Waals surface area contributed by atoms with Gasteiger partial charge in [-0.3, -0.25) is 4.79 Å². The van der Waals surface area contributed by atoms with Gasteiger partial charge in [0.15, 0.2) is 11.7 Å². The number of carbonyl (C=O) groups is 1. The highest BCUT2D eigenvalue weighted by atomic mass is 32.1. The molecule has 8 heteroatoms. The van der Waals surface area contributed by atoms with Crippen LogP contribution in [0.15, 0.2) is 24.3 Å². The normalized spacial score (nSPS) is 20.8. The monoisotopic (exact) mass is 381 g/mol. The Bertz CT molecular complexity index is 631. The zero-order chi connectivity index (χ0) is 18.4. The van der Waals surface area contributed by atoms with Gasteiger partial charge in [0.05, 0.1) is 32.3 Å². The molecule has 0 spiro atoms. The zero-order valence-electron chi connectivity index (χ0n) is 14.8. The first-order chi connectivity index (χ1) is 12.6. The second-order valence-electron chi connectivity index (χ2n) is 6.79. The van der Waals surface area contributed by atoms with Crippen LogP contribution < -0.4 is 15.5 Å². The first-order valence-corrected chi connectivity index (χ1v) is 9.54. The fourth-order valence-electron chi connectivity index (χ4n) is 3.32. The van der Waals surface area contributed by atoms with Crippen LogP contribution in [0.25, 0.3) is 0 Å². The Morgan fingerprint density at radius 3 is 2.88 bits per heavy atom. The maximum absolute atomic E-state index is 13.2. The number of hydrogen-bond acceptors (Lipinski definition) is 3. The lowest BCUT2D eigenvalue weighted by Crippen LogP contribution is -3.15. The van der Waals surface area contributed by atoms with Gasteiger partial charge in [0, 0.05) is 18.8 Å². The molecule has 2 heterocycles. The molecule has 2 saturated heterocycles. The second-order valence-corrected chi connectivity index (χ2v) is 7.18. The quantitative estimate of drug-likeness (QED) is 0.628. The number of thiocarbonyl (C=S) groups is 1. The Balaban J connectivity index is 1.36. The predicted molar refractivity (Wildman–Crippen MR) is 102 cm³/mol. The van der Waals surface area contributed by atoms with Gasteiger partial charge in [0.2, 0.25) is 0 Å². The molecule has 1 aromatic carbocycles. The third-order valence-electron chi connectivity index (χ3n) is 4.78. The van der Waals surface area contributed by atoms with E-state index in [-0.39, 0.29) is 17.8 Å². The van der Waals surface area contributed by atoms with Crippen molar-refractivity contribution >= 4 is 28.9 Å². The minimum Gasteiger partial charge on any atom is -0.376 e. The molecule has 0 aromatic heterocycles. The van der Waals surface area contributed by atoms with E-state index in [1.807, 2.05) is 0 Å². The van der Waals surface area contributed by atoms with Gasteiger partial charge in [-0.25, -0.2) is 4.39 Å². The number of quaternary nitrogens is 1. The van der Waals surface area contributed by atoms with Crippen molar-refractivity contribution in [2.75, 3.05) is 51.2 Å². The van der Waals surface area contributed by atoms with Crippen molar-refractivity contribution in [2.45, 2.75) is 18.9 Å². The van der Waals surface area contributed by atoms with Gasteiger partial charge < -0.3 is 25.2 Å². The molecule has 1 aromatic rings. The second kappa shape index (κ2) is 9.25. The van der Waals surface area contributed by atoms with E-state index in [1.165, 1.54) is 17.0 Å². The fourth-order valence-corrected chi connectivity index (χ4v) is 3.59. The van der Waals surface area contributed by atoms with Crippen LogP contribution in [-0.4, -0.2) is 67.9 Å². The van der Waals surface area contributed by atoms with E-state index in [4.69, 9.17) is 17.0 Å². The molecule has 6 nitrogen and oxygen atoms in total. The molecule has 2 aliphatic heterocycles. The molecule has 2 aliphatic rings. The Morgan fingerprint density at radius 2 is 2.19 bits per heavy atom. The summed E-state index contributed by atoms with van der Waals surface area (Å²) in [4.78, 5) is 15.5. The van der Waals surface area contributed by atoms with Crippen molar-refractivity contribution in [2.24, 2.45) is 0 Å². The lowest BCUT2D eigenvalue weighted by molar-refractivity contribution is -0.895. The number of carbonyl (C=O) groups excluding carboxylic acids is 1. The lowest BCUT2D eigenvalue weighted by Gasteiger charge is -2.33. The highest BCUT2D eigenvalue weighted by molar-refractivity contribution is 7.80. The Kier molecular flexibility index (Phi) is 6.76. The van der Waals surface area contributed by atoms with Crippen molar-refractivity contribution in [3.63, 3.8) is 0 Å². The molecule has 1 atom stereocenters. The van der Waals surface area contributed by atoms with Gasteiger partial charge in [-0.15, -0.1) is 0 Å². The summed E-state index contributed by atoms with van der Waals surface area (Å²) >= 11 is 5.47. The first-order valence-electron chi connectivity index (χ1n) is 9.13. The maximum Gasteiger partial charge on any atom is 0.279 e. The minimum atomic E-state index is -0.354. The summed E-state index contributed by atoms with van der Waals surface area (Å²) in [5, 5.41) is 6.81. The molecule has 0 aliphatic carbocycles. The molecule has 0 bridgehead atoms. The zero-order valence-corrected chi connectivity index (χ0v) is 15.6. The molecule has 3 N–H and O–H groups in total. The first kappa shape index (κ1) is 19.0. The summed E-state index contributed by atoms with van der Waals surface area (Å²) in [7, 11) is 0. The van der Waals surface area contributed by atoms with Crippen LogP contribution >= 0.6 is 12.2 Å². The molecule has 0 unspecified atom stereocenters. The number of hydrogen-bond donors (Lipinski definition) is 3. The molecule has 0 radical (unpaired) electrons. The Hall–Kier alpha value is -1.77. The summed E-state index contributed by atoms with van der Waals surface area (Å²) in [5.74, 6) is -0.453. The molecule has 26 heavy (non-hydrogen) atoms. The summed E-state index contributed by atoms with van der Waals surface area (Å²) in [5.41, 5.74) is 0.493. The van der Waals surface area contributed by atoms with Gasteiger partial charge in [-0.1, -0.05) is 6.07 Å². The molecule has 3 rings (SSSR count). The van der Waals surface area contributed by atoms with Crippen LogP contribution in [0.4, 0.5) is 10.1 Å². The van der Waals surface area contributed by atoms with Crippen LogP contribution in [0.2, 0.25) is 0 Å². The van der Waals surface area contributed by atoms with Crippen molar-refractivity contribution < 1.29 is 18.8 Å². The number of anilines is 1. The molecule has 2 fully saturated rings. The standard InChI is InChI=1S/C18H25FN4O2S/c19-14-3-1-4-15(11-14)21-17(24)13-22-6-8-23(9-7-22)18(26)20-12-16-5-2-10-25-16/h1,3-4,11,16H,2,5-10,12-13H2,(H,20,26)(H,21,24)/p+1/t16-/m1/s1. The van der Waals surface area contributed by atoms with E-state index in [0.717, 1.165) is 57.3 Å². The third-order valence-corrected chi connectivity index (χ3v) is 5.18. The molecule has 142 valence electrons. The number of halogens is 1. The number of nitrogens with zero attached hydrogens (tertiary/aromatic N) is 1. The Morgan fingerprint density at radius 1 is 1.38 bits per heavy atom. The number of benzene rings is 1. The van der Waals surface area contributed by atoms with Gasteiger partial charge in [0.1, 0.15) is 5.82 Å². The summed E-state index contributed by atoms with van der Waals surface area (Å²) < 4.78 is 18.8. The van der Waals surface area contributed by atoms with Crippen LogP contribution in [-0.2, 0) is 9.53 Å². The van der Waals surface area contributed by atoms with Gasteiger partial charge in [0.25, 0.3) is 5.91 Å². The number of amides is 1. The average molecular weight is 381 g/mol. The highest BCUT2D eigenvalue weighted by Gasteiger charge is 2.24. The third kappa shape index (κ3) is 5.62. The molecule has 0 saturated carbocycles. The van der Waals surface area contributed by atoms with Crippen molar-refractivity contribution in [3.05, 3.63) is 30.1 Å². The van der Waals surface area contributed by atoms with Crippen LogP contribution in [0.3, 0.4) is 0 Å². The van der Waals surface area contributed by atoms with E-state index in [1.54, 1.807) is 12.1 Å². The van der Waals surface area contributed by atoms with Gasteiger partial charge in [-0.2, -0.15) is 0 Å². The van der Waals surface area contributed by atoms with Crippen molar-refractivity contribution in [1.82, 2.24) is 10.2 Å². The van der Waals surface area contributed by atoms with E-state index in [2.05, 4.69) is 15.5 Å².